The largest absolute Gasteiger partial charge is 0.469 e. The lowest BCUT2D eigenvalue weighted by Crippen LogP contribution is -2.36. The van der Waals surface area contributed by atoms with Crippen LogP contribution in [0.5, 0.6) is 0 Å². The normalized spacial score (nSPS) is 38.7. The molecule has 0 N–H and O–H groups in total. The summed E-state index contributed by atoms with van der Waals surface area (Å²) in [5.41, 5.74) is 0.129. The van der Waals surface area contributed by atoms with Gasteiger partial charge in [0.2, 0.25) is 0 Å². The van der Waals surface area contributed by atoms with E-state index in [1.807, 2.05) is 0 Å². The zero-order chi connectivity index (χ0) is 11.1. The fourth-order valence-electron chi connectivity index (χ4n) is 3.61. The van der Waals surface area contributed by atoms with Gasteiger partial charge in [0.15, 0.2) is 0 Å². The molecule has 0 spiro atoms. The maximum Gasteiger partial charge on any atom is 0.307 e. The van der Waals surface area contributed by atoms with Crippen LogP contribution >= 0.6 is 0 Å². The maximum absolute atomic E-state index is 11.5. The van der Waals surface area contributed by atoms with E-state index in [4.69, 9.17) is 4.74 Å². The van der Waals surface area contributed by atoms with Gasteiger partial charge in [-0.2, -0.15) is 0 Å². The van der Waals surface area contributed by atoms with Gasteiger partial charge in [-0.05, 0) is 38.8 Å². The van der Waals surface area contributed by atoms with Crippen LogP contribution in [0.4, 0.5) is 0 Å². The Morgan fingerprint density at radius 2 is 1.87 bits per heavy atom. The van der Waals surface area contributed by atoms with Crippen LogP contribution in [0.15, 0.2) is 0 Å². The summed E-state index contributed by atoms with van der Waals surface area (Å²) < 4.78 is 4.82. The van der Waals surface area contributed by atoms with E-state index in [1.165, 1.54) is 32.8 Å². The molecule has 0 radical (unpaired) electrons. The molecule has 0 amide bonds. The quantitative estimate of drug-likeness (QED) is 0.665. The third kappa shape index (κ3) is 1.57. The van der Waals surface area contributed by atoms with Crippen LogP contribution < -0.4 is 0 Å². The average molecular weight is 211 g/mol. The first-order valence-electron chi connectivity index (χ1n) is 5.87. The number of carbonyl (C=O) groups is 1. The van der Waals surface area contributed by atoms with Gasteiger partial charge in [0.25, 0.3) is 0 Å². The zero-order valence-corrected chi connectivity index (χ0v) is 9.95. The number of carbonyl (C=O) groups excluding carboxylic acids is 1. The molecule has 0 heterocycles. The van der Waals surface area contributed by atoms with Crippen LogP contribution in [0.25, 0.3) is 0 Å². The highest BCUT2D eigenvalue weighted by Gasteiger charge is 2.66. The van der Waals surface area contributed by atoms with Gasteiger partial charge >= 0.3 is 5.97 Å². The number of hydrogen-bond acceptors (Lipinski definition) is 3. The molecule has 3 nitrogen and oxygen atoms in total. The predicted molar refractivity (Wildman–Crippen MR) is 58.5 cm³/mol. The lowest BCUT2D eigenvalue weighted by molar-refractivity contribution is -0.142. The molecule has 86 valence electrons. The molecule has 1 unspecified atom stereocenters. The minimum atomic E-state index is -0.0573. The van der Waals surface area contributed by atoms with E-state index in [-0.39, 0.29) is 11.5 Å². The molecule has 0 aromatic heterocycles. The third-order valence-electron chi connectivity index (χ3n) is 4.43. The van der Waals surface area contributed by atoms with Crippen molar-refractivity contribution in [3.8, 4) is 0 Å². The lowest BCUT2D eigenvalue weighted by Gasteiger charge is -2.25. The fourth-order valence-corrected chi connectivity index (χ4v) is 3.61. The van der Waals surface area contributed by atoms with Crippen LogP contribution in [-0.2, 0) is 9.53 Å². The highest BCUT2D eigenvalue weighted by molar-refractivity contribution is 5.72. The first-order valence-corrected chi connectivity index (χ1v) is 5.87. The van der Waals surface area contributed by atoms with E-state index in [0.29, 0.717) is 6.42 Å². The number of nitrogens with zero attached hydrogens (tertiary/aromatic N) is 1. The first-order chi connectivity index (χ1) is 7.13. The van der Waals surface area contributed by atoms with Crippen molar-refractivity contribution in [1.82, 2.24) is 4.90 Å². The molecule has 15 heavy (non-hydrogen) atoms. The summed E-state index contributed by atoms with van der Waals surface area (Å²) in [6, 6.07) is 0. The van der Waals surface area contributed by atoms with Crippen molar-refractivity contribution in [3.05, 3.63) is 0 Å². The van der Waals surface area contributed by atoms with Gasteiger partial charge in [0.1, 0.15) is 0 Å². The SMILES string of the molecule is COC(=O)CC1(N(C)C)[C@@H]2CCCC[C@@H]21. The van der Waals surface area contributed by atoms with Crippen molar-refractivity contribution in [2.45, 2.75) is 37.6 Å². The van der Waals surface area contributed by atoms with E-state index in [9.17, 15) is 4.79 Å². The summed E-state index contributed by atoms with van der Waals surface area (Å²) in [6.07, 6.45) is 5.82. The molecule has 3 heteroatoms. The van der Waals surface area contributed by atoms with Crippen molar-refractivity contribution < 1.29 is 9.53 Å². The summed E-state index contributed by atoms with van der Waals surface area (Å²) in [7, 11) is 5.68. The van der Waals surface area contributed by atoms with Crippen molar-refractivity contribution >= 4 is 5.97 Å². The van der Waals surface area contributed by atoms with Crippen LogP contribution in [0.2, 0.25) is 0 Å². The monoisotopic (exact) mass is 211 g/mol. The van der Waals surface area contributed by atoms with Gasteiger partial charge < -0.3 is 9.64 Å². The van der Waals surface area contributed by atoms with E-state index in [2.05, 4.69) is 19.0 Å². The van der Waals surface area contributed by atoms with Gasteiger partial charge in [-0.15, -0.1) is 0 Å². The zero-order valence-electron chi connectivity index (χ0n) is 9.95. The molecular formula is C12H21NO2. The van der Waals surface area contributed by atoms with Gasteiger partial charge in [-0.25, -0.2) is 0 Å². The molecule has 2 aliphatic carbocycles. The van der Waals surface area contributed by atoms with E-state index in [1.54, 1.807) is 0 Å². The smallest absolute Gasteiger partial charge is 0.307 e. The van der Waals surface area contributed by atoms with E-state index in [0.717, 1.165) is 11.8 Å². The first kappa shape index (κ1) is 10.9. The Hall–Kier alpha value is -0.570. The number of rotatable bonds is 3. The Morgan fingerprint density at radius 1 is 1.33 bits per heavy atom. The molecule has 0 saturated heterocycles. The summed E-state index contributed by atoms with van der Waals surface area (Å²) >= 11 is 0. The van der Waals surface area contributed by atoms with Crippen molar-refractivity contribution in [1.29, 1.82) is 0 Å². The highest BCUT2D eigenvalue weighted by atomic mass is 16.5. The summed E-state index contributed by atoms with van der Waals surface area (Å²) in [4.78, 5) is 13.7. The maximum atomic E-state index is 11.5. The number of esters is 1. The molecule has 3 atom stereocenters. The number of methoxy groups -OCH3 is 1. The average Bonchev–Trinajstić information content (AvgIpc) is 2.88. The Bertz CT molecular complexity index is 250. The lowest BCUT2D eigenvalue weighted by atomic mass is 10.0. The van der Waals surface area contributed by atoms with Crippen LogP contribution in [0.1, 0.15) is 32.1 Å². The predicted octanol–water partition coefficient (Wildman–Crippen LogP) is 1.67. The van der Waals surface area contributed by atoms with Gasteiger partial charge in [0, 0.05) is 5.54 Å². The molecular weight excluding hydrogens is 190 g/mol. The Labute approximate surface area is 91.8 Å². The van der Waals surface area contributed by atoms with Crippen LogP contribution in [-0.4, -0.2) is 37.6 Å². The third-order valence-corrected chi connectivity index (χ3v) is 4.43. The van der Waals surface area contributed by atoms with Crippen LogP contribution in [0, 0.1) is 11.8 Å². The van der Waals surface area contributed by atoms with Crippen molar-refractivity contribution in [3.63, 3.8) is 0 Å². The van der Waals surface area contributed by atoms with Gasteiger partial charge in [-0.1, -0.05) is 12.8 Å². The minimum Gasteiger partial charge on any atom is -0.469 e. The van der Waals surface area contributed by atoms with Crippen molar-refractivity contribution in [2.75, 3.05) is 21.2 Å². The number of hydrogen-bond donors (Lipinski definition) is 0. The molecule has 0 bridgehead atoms. The van der Waals surface area contributed by atoms with Gasteiger partial charge in [-0.3, -0.25) is 4.79 Å². The second-order valence-electron chi connectivity index (χ2n) is 5.14. The Balaban J connectivity index is 2.10. The number of ether oxygens (including phenoxy) is 1. The van der Waals surface area contributed by atoms with Gasteiger partial charge in [0.05, 0.1) is 13.5 Å². The minimum absolute atomic E-state index is 0.0573. The van der Waals surface area contributed by atoms with Crippen LogP contribution in [0.3, 0.4) is 0 Å². The highest BCUT2D eigenvalue weighted by Crippen LogP contribution is 2.62. The second-order valence-corrected chi connectivity index (χ2v) is 5.14. The second kappa shape index (κ2) is 3.78. The fraction of sp³-hybridized carbons (Fsp3) is 0.917. The summed E-state index contributed by atoms with van der Waals surface area (Å²) in [5, 5.41) is 0. The molecule has 0 aromatic carbocycles. The number of fused-ring (bicyclic) bond motifs is 1. The molecule has 2 rings (SSSR count). The Morgan fingerprint density at radius 3 is 2.27 bits per heavy atom. The topological polar surface area (TPSA) is 29.5 Å². The molecule has 2 fully saturated rings. The molecule has 2 aliphatic rings. The molecule has 0 aliphatic heterocycles. The summed E-state index contributed by atoms with van der Waals surface area (Å²) in [6.45, 7) is 0. The van der Waals surface area contributed by atoms with Crippen molar-refractivity contribution in [2.24, 2.45) is 11.8 Å². The van der Waals surface area contributed by atoms with E-state index >= 15 is 0 Å². The Kier molecular flexibility index (Phi) is 2.75. The van der Waals surface area contributed by atoms with E-state index < -0.39 is 0 Å². The standard InChI is InChI=1S/C12H21NO2/c1-13(2)12(8-11(14)15-3)9-6-4-5-7-10(9)12/h9-10H,4-8H2,1-3H3/t9-,10+,12?. The summed E-state index contributed by atoms with van der Waals surface area (Å²) in [5.74, 6) is 1.42. The molecule has 0 aromatic rings. The molecule has 2 saturated carbocycles.